The van der Waals surface area contributed by atoms with Crippen molar-refractivity contribution in [1.82, 2.24) is 14.8 Å². The van der Waals surface area contributed by atoms with E-state index in [1.165, 1.54) is 10.9 Å². The maximum Gasteiger partial charge on any atom is 0.404 e. The molecule has 0 atom stereocenters. The van der Waals surface area contributed by atoms with Gasteiger partial charge < -0.3 is 15.5 Å². The molecule has 9 heteroatoms. The predicted octanol–water partition coefficient (Wildman–Crippen LogP) is 1.28. The highest BCUT2D eigenvalue weighted by Gasteiger charge is 2.18. The first kappa shape index (κ1) is 12.5. The van der Waals surface area contributed by atoms with Crippen molar-refractivity contribution < 1.29 is 4.92 Å². The van der Waals surface area contributed by atoms with Gasteiger partial charge in [-0.2, -0.15) is 4.68 Å². The van der Waals surface area contributed by atoms with Crippen molar-refractivity contribution in [1.29, 1.82) is 0 Å². The summed E-state index contributed by atoms with van der Waals surface area (Å²) in [5, 5.41) is 14.5. The smallest absolute Gasteiger partial charge is 0.358 e. The number of nitrogens with two attached hydrogens (primary N) is 1. The van der Waals surface area contributed by atoms with Crippen molar-refractivity contribution in [2.75, 3.05) is 5.43 Å². The summed E-state index contributed by atoms with van der Waals surface area (Å²) in [7, 11) is 0. The first-order valence-electron chi connectivity index (χ1n) is 4.90. The third-order valence-corrected chi connectivity index (χ3v) is 2.71. The third kappa shape index (κ3) is 2.63. The maximum atomic E-state index is 10.6. The van der Waals surface area contributed by atoms with Gasteiger partial charge in [0.05, 0.1) is 17.0 Å². The predicted molar refractivity (Wildman–Crippen MR) is 67.7 cm³/mol. The molecule has 0 radical (unpaired) electrons. The van der Waals surface area contributed by atoms with Crippen molar-refractivity contribution in [3.8, 4) is 0 Å². The largest absolute Gasteiger partial charge is 0.404 e. The van der Waals surface area contributed by atoms with E-state index in [9.17, 15) is 10.1 Å². The number of nitrogens with zero attached hydrogens (tertiary/aromatic N) is 4. The highest BCUT2D eigenvalue weighted by atomic mass is 79.9. The van der Waals surface area contributed by atoms with E-state index in [1.807, 2.05) is 0 Å². The second kappa shape index (κ2) is 5.10. The van der Waals surface area contributed by atoms with Gasteiger partial charge in [-0.05, 0) is 33.0 Å². The highest BCUT2D eigenvalue weighted by molar-refractivity contribution is 9.10. The Bertz CT molecular complexity index is 584. The Balaban J connectivity index is 2.23. The summed E-state index contributed by atoms with van der Waals surface area (Å²) in [6.45, 7) is 0.321. The molecular formula is C9H9BrN6O2. The molecule has 0 bridgehead atoms. The lowest BCUT2D eigenvalue weighted by Crippen LogP contribution is -2.10. The molecule has 0 spiro atoms. The summed E-state index contributed by atoms with van der Waals surface area (Å²) in [5.74, 6) is 5.55. The molecule has 2 rings (SSSR count). The van der Waals surface area contributed by atoms with Gasteiger partial charge in [0, 0.05) is 0 Å². The fourth-order valence-electron chi connectivity index (χ4n) is 1.41. The van der Waals surface area contributed by atoms with Gasteiger partial charge in [-0.15, -0.1) is 0 Å². The molecule has 3 N–H and O–H groups in total. The zero-order valence-electron chi connectivity index (χ0n) is 9.08. The minimum absolute atomic E-state index is 0.219. The van der Waals surface area contributed by atoms with Crippen LogP contribution in [-0.2, 0) is 6.54 Å². The number of pyridine rings is 1. The van der Waals surface area contributed by atoms with Gasteiger partial charge in [-0.25, -0.2) is 10.8 Å². The van der Waals surface area contributed by atoms with Crippen LogP contribution in [0.3, 0.4) is 0 Å². The molecule has 18 heavy (non-hydrogen) atoms. The number of nitro groups is 1. The van der Waals surface area contributed by atoms with Gasteiger partial charge in [0.15, 0.2) is 0 Å². The summed E-state index contributed by atoms with van der Waals surface area (Å²) in [6, 6.07) is 5.28. The zero-order chi connectivity index (χ0) is 13.1. The third-order valence-electron chi connectivity index (χ3n) is 2.15. The normalized spacial score (nSPS) is 10.3. The molecule has 0 amide bonds. The molecule has 2 heterocycles. The molecule has 0 fully saturated rings. The average molecular weight is 313 g/mol. The number of aromatic nitrogens is 3. The molecule has 0 saturated carbocycles. The second-order valence-corrected chi connectivity index (χ2v) is 4.27. The van der Waals surface area contributed by atoms with Gasteiger partial charge in [-0.3, -0.25) is 0 Å². The first-order chi connectivity index (χ1) is 8.60. The van der Waals surface area contributed by atoms with Crippen LogP contribution >= 0.6 is 15.9 Å². The quantitative estimate of drug-likeness (QED) is 0.499. The monoisotopic (exact) mass is 312 g/mol. The van der Waals surface area contributed by atoms with E-state index >= 15 is 0 Å². The van der Waals surface area contributed by atoms with Crippen molar-refractivity contribution in [3.05, 3.63) is 44.7 Å². The number of hydrogen-bond acceptors (Lipinski definition) is 6. The minimum atomic E-state index is -0.550. The topological polar surface area (TPSA) is 112 Å². The van der Waals surface area contributed by atoms with Crippen molar-refractivity contribution in [2.24, 2.45) is 5.84 Å². The van der Waals surface area contributed by atoms with Crippen LogP contribution in [0, 0.1) is 10.1 Å². The Morgan fingerprint density at radius 2 is 2.33 bits per heavy atom. The molecule has 8 nitrogen and oxygen atoms in total. The van der Waals surface area contributed by atoms with E-state index in [4.69, 9.17) is 5.84 Å². The molecule has 2 aromatic heterocycles. The fraction of sp³-hybridized carbons (Fsp3) is 0.111. The van der Waals surface area contributed by atoms with Crippen LogP contribution in [0.4, 0.5) is 11.6 Å². The lowest BCUT2D eigenvalue weighted by Gasteiger charge is -2.01. The van der Waals surface area contributed by atoms with Crippen molar-refractivity contribution in [3.63, 3.8) is 0 Å². The van der Waals surface area contributed by atoms with Crippen LogP contribution in [0.1, 0.15) is 5.69 Å². The van der Waals surface area contributed by atoms with Gasteiger partial charge >= 0.3 is 5.82 Å². The summed E-state index contributed by atoms with van der Waals surface area (Å²) in [6.07, 6.45) is 1.53. The van der Waals surface area contributed by atoms with Crippen LogP contribution in [0.5, 0.6) is 0 Å². The van der Waals surface area contributed by atoms with Crippen molar-refractivity contribution >= 4 is 27.6 Å². The standard InChI is InChI=1S/C9H9BrN6O2/c10-7-5-15(14-9(7)16(17)18)4-6-2-1-3-8(12-6)13-11/h1-3,5H,4,11H2,(H,12,13). The Morgan fingerprint density at radius 3 is 2.94 bits per heavy atom. The van der Waals surface area contributed by atoms with Crippen LogP contribution in [0.15, 0.2) is 28.9 Å². The first-order valence-corrected chi connectivity index (χ1v) is 5.69. The number of halogens is 1. The van der Waals surface area contributed by atoms with Crippen LogP contribution in [-0.4, -0.2) is 19.7 Å². The zero-order valence-corrected chi connectivity index (χ0v) is 10.7. The summed E-state index contributed by atoms with van der Waals surface area (Å²) < 4.78 is 1.77. The number of rotatable bonds is 4. The van der Waals surface area contributed by atoms with Crippen LogP contribution in [0.2, 0.25) is 0 Å². The maximum absolute atomic E-state index is 10.6. The van der Waals surface area contributed by atoms with E-state index in [1.54, 1.807) is 18.2 Å². The van der Waals surface area contributed by atoms with E-state index in [0.717, 1.165) is 0 Å². The van der Waals surface area contributed by atoms with Gasteiger partial charge in [0.2, 0.25) is 0 Å². The van der Waals surface area contributed by atoms with Crippen LogP contribution in [0.25, 0.3) is 0 Å². The second-order valence-electron chi connectivity index (χ2n) is 3.41. The molecule has 0 aromatic carbocycles. The van der Waals surface area contributed by atoms with Crippen molar-refractivity contribution in [2.45, 2.75) is 6.54 Å². The Kier molecular flexibility index (Phi) is 3.53. The number of nitrogens with one attached hydrogen (secondary N) is 1. The van der Waals surface area contributed by atoms with Gasteiger partial charge in [-0.1, -0.05) is 6.07 Å². The molecule has 0 saturated heterocycles. The molecule has 2 aromatic rings. The molecule has 0 aliphatic rings. The molecular weight excluding hydrogens is 304 g/mol. The van der Waals surface area contributed by atoms with E-state index in [2.05, 4.69) is 31.4 Å². The molecule has 0 aliphatic carbocycles. The highest BCUT2D eigenvalue weighted by Crippen LogP contribution is 2.22. The number of hydrazine groups is 1. The van der Waals surface area contributed by atoms with Gasteiger partial charge in [0.25, 0.3) is 0 Å². The minimum Gasteiger partial charge on any atom is -0.358 e. The average Bonchev–Trinajstić information content (AvgIpc) is 2.70. The molecule has 0 aliphatic heterocycles. The fourth-order valence-corrected chi connectivity index (χ4v) is 1.87. The number of nitrogen functional groups attached to an aromatic ring is 1. The SMILES string of the molecule is NNc1cccc(Cn2cc(Br)c([N+](=O)[O-])n2)n1. The van der Waals surface area contributed by atoms with E-state index < -0.39 is 4.92 Å². The summed E-state index contributed by atoms with van der Waals surface area (Å²) >= 11 is 3.08. The van der Waals surface area contributed by atoms with E-state index in [-0.39, 0.29) is 5.82 Å². The molecule has 0 unspecified atom stereocenters. The Labute approximate surface area is 110 Å². The summed E-state index contributed by atoms with van der Waals surface area (Å²) in [4.78, 5) is 14.3. The Morgan fingerprint density at radius 1 is 1.56 bits per heavy atom. The van der Waals surface area contributed by atoms with Gasteiger partial charge in [0.1, 0.15) is 16.8 Å². The number of hydrogen-bond donors (Lipinski definition) is 2. The number of anilines is 1. The van der Waals surface area contributed by atoms with E-state index in [0.29, 0.717) is 22.5 Å². The lowest BCUT2D eigenvalue weighted by atomic mass is 10.3. The van der Waals surface area contributed by atoms with Crippen LogP contribution < -0.4 is 11.3 Å². The molecule has 94 valence electrons. The summed E-state index contributed by atoms with van der Waals surface area (Å²) in [5.41, 5.74) is 3.12. The lowest BCUT2D eigenvalue weighted by molar-refractivity contribution is -0.390. The Hall–Kier alpha value is -2.00.